The number of anilines is 2. The molecule has 6 nitrogen and oxygen atoms in total. The normalized spacial score (nSPS) is 11.5. The van der Waals surface area contributed by atoms with E-state index in [1.807, 2.05) is 0 Å². The number of carbonyl (C=O) groups is 2. The van der Waals surface area contributed by atoms with Crippen LogP contribution in [-0.4, -0.2) is 25.1 Å². The molecule has 2 aromatic carbocycles. The first-order chi connectivity index (χ1) is 11.8. The SMILES string of the molecule is COc1ccccc1NC(=O)C(C)OC(=O)c1cc(Cl)cc(Cl)c1N. The molecule has 0 aliphatic carbocycles. The van der Waals surface area contributed by atoms with Crippen molar-refractivity contribution in [2.45, 2.75) is 13.0 Å². The Hall–Kier alpha value is -2.44. The van der Waals surface area contributed by atoms with E-state index in [4.69, 9.17) is 38.4 Å². The van der Waals surface area contributed by atoms with Crippen molar-refractivity contribution in [3.8, 4) is 5.75 Å². The van der Waals surface area contributed by atoms with Crippen LogP contribution >= 0.6 is 23.2 Å². The van der Waals surface area contributed by atoms with E-state index < -0.39 is 18.0 Å². The highest BCUT2D eigenvalue weighted by atomic mass is 35.5. The molecular weight excluding hydrogens is 367 g/mol. The van der Waals surface area contributed by atoms with Crippen LogP contribution in [0.2, 0.25) is 10.0 Å². The van der Waals surface area contributed by atoms with E-state index in [1.54, 1.807) is 24.3 Å². The number of ether oxygens (including phenoxy) is 2. The summed E-state index contributed by atoms with van der Waals surface area (Å²) in [5.41, 5.74) is 6.25. The maximum atomic E-state index is 12.2. The molecule has 132 valence electrons. The van der Waals surface area contributed by atoms with Gasteiger partial charge in [-0.3, -0.25) is 4.79 Å². The van der Waals surface area contributed by atoms with Crippen LogP contribution in [-0.2, 0) is 9.53 Å². The standard InChI is InChI=1S/C17H16Cl2N2O4/c1-9(16(22)21-13-5-3-4-6-14(13)24-2)25-17(23)11-7-10(18)8-12(19)15(11)20/h3-9H,20H2,1-2H3,(H,21,22). The molecule has 0 spiro atoms. The van der Waals surface area contributed by atoms with Crippen LogP contribution in [0.3, 0.4) is 0 Å². The smallest absolute Gasteiger partial charge is 0.341 e. The molecule has 0 aromatic heterocycles. The second-order valence-corrected chi connectivity index (χ2v) is 5.93. The van der Waals surface area contributed by atoms with Gasteiger partial charge in [0.15, 0.2) is 6.10 Å². The van der Waals surface area contributed by atoms with Gasteiger partial charge in [-0.15, -0.1) is 0 Å². The topological polar surface area (TPSA) is 90.6 Å². The maximum absolute atomic E-state index is 12.2. The van der Waals surface area contributed by atoms with Gasteiger partial charge in [-0.05, 0) is 31.2 Å². The number of para-hydroxylation sites is 2. The van der Waals surface area contributed by atoms with E-state index in [-0.39, 0.29) is 21.3 Å². The van der Waals surface area contributed by atoms with Gasteiger partial charge in [-0.25, -0.2) is 4.79 Å². The van der Waals surface area contributed by atoms with Gasteiger partial charge in [0.05, 0.1) is 29.1 Å². The number of hydrogen-bond donors (Lipinski definition) is 2. The zero-order valence-corrected chi connectivity index (χ0v) is 15.0. The Morgan fingerprint density at radius 1 is 1.20 bits per heavy atom. The van der Waals surface area contributed by atoms with Crippen molar-refractivity contribution in [3.05, 3.63) is 52.0 Å². The van der Waals surface area contributed by atoms with Crippen LogP contribution in [0.25, 0.3) is 0 Å². The zero-order chi connectivity index (χ0) is 18.6. The number of hydrogen-bond acceptors (Lipinski definition) is 5. The monoisotopic (exact) mass is 382 g/mol. The molecule has 3 N–H and O–H groups in total. The number of benzene rings is 2. The third-order valence-electron chi connectivity index (χ3n) is 3.33. The van der Waals surface area contributed by atoms with Gasteiger partial charge < -0.3 is 20.5 Å². The van der Waals surface area contributed by atoms with Crippen LogP contribution < -0.4 is 15.8 Å². The van der Waals surface area contributed by atoms with E-state index in [2.05, 4.69) is 5.32 Å². The third kappa shape index (κ3) is 4.55. The molecule has 0 aliphatic heterocycles. The van der Waals surface area contributed by atoms with Gasteiger partial charge >= 0.3 is 5.97 Å². The lowest BCUT2D eigenvalue weighted by atomic mass is 10.2. The lowest BCUT2D eigenvalue weighted by molar-refractivity contribution is -0.123. The van der Waals surface area contributed by atoms with Crippen molar-refractivity contribution in [3.63, 3.8) is 0 Å². The highest BCUT2D eigenvalue weighted by Gasteiger charge is 2.22. The van der Waals surface area contributed by atoms with E-state index in [0.717, 1.165) is 0 Å². The minimum Gasteiger partial charge on any atom is -0.495 e. The number of nitrogen functional groups attached to an aromatic ring is 1. The van der Waals surface area contributed by atoms with Crippen LogP contribution in [0.5, 0.6) is 5.75 Å². The van der Waals surface area contributed by atoms with Crippen molar-refractivity contribution in [2.75, 3.05) is 18.2 Å². The molecule has 1 atom stereocenters. The van der Waals surface area contributed by atoms with Crippen LogP contribution in [0.4, 0.5) is 11.4 Å². The molecule has 0 saturated heterocycles. The molecule has 0 saturated carbocycles. The lowest BCUT2D eigenvalue weighted by Crippen LogP contribution is -2.30. The van der Waals surface area contributed by atoms with Crippen molar-refractivity contribution in [2.24, 2.45) is 0 Å². The van der Waals surface area contributed by atoms with E-state index in [0.29, 0.717) is 11.4 Å². The van der Waals surface area contributed by atoms with Gasteiger partial charge in [0.2, 0.25) is 0 Å². The molecule has 8 heteroatoms. The maximum Gasteiger partial charge on any atom is 0.341 e. The summed E-state index contributed by atoms with van der Waals surface area (Å²) in [4.78, 5) is 24.5. The molecule has 2 aromatic rings. The number of nitrogens with one attached hydrogen (secondary N) is 1. The van der Waals surface area contributed by atoms with E-state index >= 15 is 0 Å². The lowest BCUT2D eigenvalue weighted by Gasteiger charge is -2.16. The summed E-state index contributed by atoms with van der Waals surface area (Å²) in [6.45, 7) is 1.44. The molecule has 0 bridgehead atoms. The Bertz CT molecular complexity index is 811. The average Bonchev–Trinajstić information content (AvgIpc) is 2.58. The first-order valence-electron chi connectivity index (χ1n) is 7.23. The minimum atomic E-state index is -1.07. The second kappa shape index (κ2) is 8.09. The number of nitrogens with two attached hydrogens (primary N) is 1. The molecule has 1 unspecified atom stereocenters. The molecule has 0 aliphatic rings. The molecule has 0 fully saturated rings. The quantitative estimate of drug-likeness (QED) is 0.606. The van der Waals surface area contributed by atoms with Gasteiger partial charge in [-0.2, -0.15) is 0 Å². The molecule has 0 heterocycles. The number of carbonyl (C=O) groups excluding carboxylic acids is 2. The number of halogens is 2. The summed E-state index contributed by atoms with van der Waals surface area (Å²) in [6.07, 6.45) is -1.07. The summed E-state index contributed by atoms with van der Waals surface area (Å²) in [5.74, 6) is -0.839. The van der Waals surface area contributed by atoms with Crippen molar-refractivity contribution in [1.82, 2.24) is 0 Å². The fourth-order valence-electron chi connectivity index (χ4n) is 2.01. The summed E-state index contributed by atoms with van der Waals surface area (Å²) in [5, 5.41) is 2.99. The second-order valence-electron chi connectivity index (χ2n) is 5.09. The van der Waals surface area contributed by atoms with Gasteiger partial charge in [0.25, 0.3) is 5.91 Å². The van der Waals surface area contributed by atoms with Crippen LogP contribution in [0.1, 0.15) is 17.3 Å². The van der Waals surface area contributed by atoms with E-state index in [1.165, 1.54) is 26.2 Å². The van der Waals surface area contributed by atoms with Crippen molar-refractivity contribution in [1.29, 1.82) is 0 Å². The summed E-state index contributed by atoms with van der Waals surface area (Å²) < 4.78 is 10.3. The van der Waals surface area contributed by atoms with Crippen LogP contribution in [0, 0.1) is 0 Å². The molecule has 1 amide bonds. The molecule has 2 rings (SSSR count). The zero-order valence-electron chi connectivity index (χ0n) is 13.5. The Balaban J connectivity index is 2.10. The predicted octanol–water partition coefficient (Wildman–Crippen LogP) is 3.77. The van der Waals surface area contributed by atoms with Gasteiger partial charge in [0.1, 0.15) is 5.75 Å². The summed E-state index contributed by atoms with van der Waals surface area (Å²) in [6, 6.07) is 9.61. The highest BCUT2D eigenvalue weighted by molar-refractivity contribution is 6.37. The summed E-state index contributed by atoms with van der Waals surface area (Å²) in [7, 11) is 1.49. The highest BCUT2D eigenvalue weighted by Crippen LogP contribution is 2.28. The third-order valence-corrected chi connectivity index (χ3v) is 3.86. The largest absolute Gasteiger partial charge is 0.495 e. The first kappa shape index (κ1) is 18.9. The molecular formula is C17H16Cl2N2O4. The minimum absolute atomic E-state index is 0.00515. The first-order valence-corrected chi connectivity index (χ1v) is 7.98. The molecule has 25 heavy (non-hydrogen) atoms. The fourth-order valence-corrected chi connectivity index (χ4v) is 2.51. The van der Waals surface area contributed by atoms with Crippen molar-refractivity contribution >= 4 is 46.5 Å². The van der Waals surface area contributed by atoms with Crippen molar-refractivity contribution < 1.29 is 19.1 Å². The average molecular weight is 383 g/mol. The Labute approximate surface area is 154 Å². The number of amides is 1. The Kier molecular flexibility index (Phi) is 6.12. The Morgan fingerprint density at radius 2 is 1.88 bits per heavy atom. The Morgan fingerprint density at radius 3 is 2.56 bits per heavy atom. The van der Waals surface area contributed by atoms with E-state index in [9.17, 15) is 9.59 Å². The van der Waals surface area contributed by atoms with Gasteiger partial charge in [-0.1, -0.05) is 35.3 Å². The predicted molar refractivity (Wildman–Crippen MR) is 97.4 cm³/mol. The number of methoxy groups -OCH3 is 1. The summed E-state index contributed by atoms with van der Waals surface area (Å²) >= 11 is 11.8. The fraction of sp³-hybridized carbons (Fsp3) is 0.176. The number of esters is 1. The van der Waals surface area contributed by atoms with Crippen LogP contribution in [0.15, 0.2) is 36.4 Å². The van der Waals surface area contributed by atoms with Gasteiger partial charge in [0, 0.05) is 5.02 Å². The number of rotatable bonds is 5. The molecule has 0 radical (unpaired) electrons.